The number of carbonyl (C=O) groups is 1. The van der Waals surface area contributed by atoms with Crippen molar-refractivity contribution in [2.75, 3.05) is 25.1 Å². The van der Waals surface area contributed by atoms with E-state index in [9.17, 15) is 19.3 Å². The number of benzene rings is 1. The van der Waals surface area contributed by atoms with Crippen LogP contribution in [0.5, 0.6) is 0 Å². The second kappa shape index (κ2) is 7.24. The Morgan fingerprint density at radius 3 is 2.71 bits per heavy atom. The molecular formula is C14H15FN2O4. The number of terminal acetylenes is 1. The van der Waals surface area contributed by atoms with Crippen LogP contribution in [0.15, 0.2) is 12.1 Å². The molecule has 0 atom stereocenters. The van der Waals surface area contributed by atoms with Gasteiger partial charge in [0.2, 0.25) is 0 Å². The highest BCUT2D eigenvalue weighted by atomic mass is 19.1. The van der Waals surface area contributed by atoms with Gasteiger partial charge in [0.1, 0.15) is 11.5 Å². The van der Waals surface area contributed by atoms with E-state index in [1.54, 1.807) is 4.90 Å². The van der Waals surface area contributed by atoms with Crippen molar-refractivity contribution in [1.29, 1.82) is 0 Å². The summed E-state index contributed by atoms with van der Waals surface area (Å²) >= 11 is 0. The lowest BCUT2D eigenvalue weighted by atomic mass is 10.1. The Bertz CT molecular complexity index is 595. The van der Waals surface area contributed by atoms with Crippen LogP contribution in [0.3, 0.4) is 0 Å². The van der Waals surface area contributed by atoms with Crippen LogP contribution < -0.4 is 4.90 Å². The molecule has 0 aromatic heterocycles. The highest BCUT2D eigenvalue weighted by molar-refractivity contribution is 5.92. The maximum atomic E-state index is 13.8. The fraction of sp³-hybridized carbons (Fsp3) is 0.357. The molecule has 0 heterocycles. The first kappa shape index (κ1) is 16.4. The molecule has 0 saturated heterocycles. The minimum Gasteiger partial charge on any atom is -0.465 e. The number of nitrogens with zero attached hydrogens (tertiary/aromatic N) is 2. The summed E-state index contributed by atoms with van der Waals surface area (Å²) < 4.78 is 18.3. The van der Waals surface area contributed by atoms with Crippen LogP contribution in [0.4, 0.5) is 15.8 Å². The maximum Gasteiger partial charge on any atom is 0.340 e. The predicted molar refractivity (Wildman–Crippen MR) is 75.7 cm³/mol. The summed E-state index contributed by atoms with van der Waals surface area (Å²) in [6, 6.07) is 1.81. The molecule has 0 bridgehead atoms. The van der Waals surface area contributed by atoms with Crippen molar-refractivity contribution in [3.8, 4) is 12.3 Å². The topological polar surface area (TPSA) is 72.7 Å². The molecule has 0 aliphatic carbocycles. The Hall–Kier alpha value is -2.62. The van der Waals surface area contributed by atoms with E-state index in [0.717, 1.165) is 13.2 Å². The van der Waals surface area contributed by atoms with Crippen LogP contribution in [-0.4, -0.2) is 31.1 Å². The van der Waals surface area contributed by atoms with Gasteiger partial charge in [0.25, 0.3) is 5.69 Å². The second-order valence-electron chi connectivity index (χ2n) is 4.20. The van der Waals surface area contributed by atoms with Gasteiger partial charge in [-0.3, -0.25) is 10.1 Å². The Labute approximate surface area is 121 Å². The van der Waals surface area contributed by atoms with Gasteiger partial charge in [0.15, 0.2) is 0 Å². The molecule has 0 N–H and O–H groups in total. The minimum absolute atomic E-state index is 0.0987. The van der Waals surface area contributed by atoms with E-state index < -0.39 is 22.4 Å². The molecule has 0 radical (unpaired) electrons. The van der Waals surface area contributed by atoms with Gasteiger partial charge in [0.05, 0.1) is 30.2 Å². The van der Waals surface area contributed by atoms with Crippen LogP contribution >= 0.6 is 0 Å². The van der Waals surface area contributed by atoms with Gasteiger partial charge >= 0.3 is 5.97 Å². The fourth-order valence-corrected chi connectivity index (χ4v) is 1.88. The molecule has 112 valence electrons. The molecule has 21 heavy (non-hydrogen) atoms. The number of nitro benzene ring substituents is 1. The number of nitro groups is 1. The van der Waals surface area contributed by atoms with E-state index in [-0.39, 0.29) is 17.8 Å². The van der Waals surface area contributed by atoms with Crippen LogP contribution in [-0.2, 0) is 4.74 Å². The smallest absolute Gasteiger partial charge is 0.340 e. The van der Waals surface area contributed by atoms with Crippen molar-refractivity contribution in [2.24, 2.45) is 0 Å². The number of methoxy groups -OCH3 is 1. The highest BCUT2D eigenvalue weighted by Gasteiger charge is 2.25. The van der Waals surface area contributed by atoms with Crippen molar-refractivity contribution in [3.05, 3.63) is 33.6 Å². The Kier molecular flexibility index (Phi) is 5.67. The van der Waals surface area contributed by atoms with Crippen molar-refractivity contribution in [3.63, 3.8) is 0 Å². The standard InChI is InChI=1S/C14H15FN2O4/c1-4-6-16(7-5-2)12-8-10(14(18)21-3)11(15)9-13(12)17(19)20/h1,8-9H,5-7H2,2-3H3. The monoisotopic (exact) mass is 294 g/mol. The molecular weight excluding hydrogens is 279 g/mol. The van der Waals surface area contributed by atoms with Gasteiger partial charge in [-0.1, -0.05) is 12.8 Å². The molecule has 7 heteroatoms. The van der Waals surface area contributed by atoms with E-state index in [2.05, 4.69) is 10.7 Å². The van der Waals surface area contributed by atoms with Crippen molar-refractivity contribution in [2.45, 2.75) is 13.3 Å². The summed E-state index contributed by atoms with van der Waals surface area (Å²) in [4.78, 5) is 23.4. The summed E-state index contributed by atoms with van der Waals surface area (Å²) in [7, 11) is 1.11. The Balaban J connectivity index is 3.47. The lowest BCUT2D eigenvalue weighted by molar-refractivity contribution is -0.384. The number of halogens is 1. The summed E-state index contributed by atoms with van der Waals surface area (Å²) in [5.74, 6) is 0.481. The normalized spacial score (nSPS) is 9.81. The Morgan fingerprint density at radius 1 is 1.57 bits per heavy atom. The summed E-state index contributed by atoms with van der Waals surface area (Å²) in [5, 5.41) is 11.1. The number of ether oxygens (including phenoxy) is 1. The molecule has 0 unspecified atom stereocenters. The lowest BCUT2D eigenvalue weighted by Crippen LogP contribution is -2.26. The first-order chi connectivity index (χ1) is 9.96. The zero-order valence-electron chi connectivity index (χ0n) is 11.8. The van der Waals surface area contributed by atoms with Crippen LogP contribution in [0.1, 0.15) is 23.7 Å². The molecule has 6 nitrogen and oxygen atoms in total. The van der Waals surface area contributed by atoms with Gasteiger partial charge in [0, 0.05) is 6.54 Å². The van der Waals surface area contributed by atoms with Crippen LogP contribution in [0, 0.1) is 28.3 Å². The number of rotatable bonds is 6. The van der Waals surface area contributed by atoms with E-state index in [0.29, 0.717) is 19.0 Å². The fourth-order valence-electron chi connectivity index (χ4n) is 1.88. The molecule has 0 spiro atoms. The van der Waals surface area contributed by atoms with Gasteiger partial charge in [-0.2, -0.15) is 0 Å². The van der Waals surface area contributed by atoms with Crippen molar-refractivity contribution < 1.29 is 18.8 Å². The number of hydrogen-bond donors (Lipinski definition) is 0. The molecule has 1 aromatic carbocycles. The minimum atomic E-state index is -1.01. The van der Waals surface area contributed by atoms with Gasteiger partial charge in [-0.15, -0.1) is 6.42 Å². The lowest BCUT2D eigenvalue weighted by Gasteiger charge is -2.22. The van der Waals surface area contributed by atoms with E-state index >= 15 is 0 Å². The molecule has 0 aliphatic heterocycles. The van der Waals surface area contributed by atoms with Gasteiger partial charge in [-0.25, -0.2) is 9.18 Å². The third kappa shape index (κ3) is 3.69. The van der Waals surface area contributed by atoms with Gasteiger partial charge < -0.3 is 9.64 Å². The second-order valence-corrected chi connectivity index (χ2v) is 4.20. The van der Waals surface area contributed by atoms with E-state index in [1.807, 2.05) is 6.92 Å². The third-order valence-electron chi connectivity index (χ3n) is 2.78. The average molecular weight is 294 g/mol. The first-order valence-electron chi connectivity index (χ1n) is 6.20. The number of esters is 1. The number of hydrogen-bond acceptors (Lipinski definition) is 5. The van der Waals surface area contributed by atoms with E-state index in [4.69, 9.17) is 6.42 Å². The zero-order valence-corrected chi connectivity index (χ0v) is 11.8. The van der Waals surface area contributed by atoms with Gasteiger partial charge in [-0.05, 0) is 12.5 Å². The predicted octanol–water partition coefficient (Wildman–Crippen LogP) is 2.37. The third-order valence-corrected chi connectivity index (χ3v) is 2.78. The van der Waals surface area contributed by atoms with Crippen LogP contribution in [0.25, 0.3) is 0 Å². The summed E-state index contributed by atoms with van der Waals surface area (Å²) in [6.07, 6.45) is 5.93. The molecule has 0 fully saturated rings. The molecule has 0 amide bonds. The summed E-state index contributed by atoms with van der Waals surface area (Å²) in [6.45, 7) is 2.43. The zero-order chi connectivity index (χ0) is 16.0. The largest absolute Gasteiger partial charge is 0.465 e. The molecule has 0 saturated carbocycles. The van der Waals surface area contributed by atoms with Crippen molar-refractivity contribution in [1.82, 2.24) is 0 Å². The molecule has 1 rings (SSSR count). The van der Waals surface area contributed by atoms with Crippen molar-refractivity contribution >= 4 is 17.3 Å². The quantitative estimate of drug-likeness (QED) is 0.348. The Morgan fingerprint density at radius 2 is 2.24 bits per heavy atom. The van der Waals surface area contributed by atoms with E-state index in [1.165, 1.54) is 0 Å². The molecule has 1 aromatic rings. The summed E-state index contributed by atoms with van der Waals surface area (Å²) in [5.41, 5.74) is -0.707. The number of anilines is 1. The first-order valence-corrected chi connectivity index (χ1v) is 6.20. The maximum absolute atomic E-state index is 13.8. The average Bonchev–Trinajstić information content (AvgIpc) is 2.46. The number of carbonyl (C=O) groups excluding carboxylic acids is 1. The SMILES string of the molecule is C#CCN(CCC)c1cc(C(=O)OC)c(F)cc1[N+](=O)[O-]. The molecule has 0 aliphatic rings. The highest BCUT2D eigenvalue weighted by Crippen LogP contribution is 2.31. The van der Waals surface area contributed by atoms with Crippen LogP contribution in [0.2, 0.25) is 0 Å².